The third kappa shape index (κ3) is 2.36. The zero-order chi connectivity index (χ0) is 11.4. The molecule has 0 unspecified atom stereocenters. The summed E-state index contributed by atoms with van der Waals surface area (Å²) in [4.78, 5) is 0. The standard InChI is InChI=1S/C12H12N2O2/c15-10-6-7-11(12(16)8-10)14-13-9-4-2-1-3-5-9/h1-8,13-16H. The van der Waals surface area contributed by atoms with Crippen molar-refractivity contribution in [1.29, 1.82) is 0 Å². The van der Waals surface area contributed by atoms with Gasteiger partial charge >= 0.3 is 0 Å². The maximum Gasteiger partial charge on any atom is 0.144 e. The maximum absolute atomic E-state index is 9.51. The van der Waals surface area contributed by atoms with Crippen molar-refractivity contribution in [1.82, 2.24) is 0 Å². The molecule has 2 aromatic rings. The summed E-state index contributed by atoms with van der Waals surface area (Å²) in [7, 11) is 0. The van der Waals surface area contributed by atoms with Crippen LogP contribution in [-0.2, 0) is 0 Å². The van der Waals surface area contributed by atoms with Gasteiger partial charge in [0.1, 0.15) is 11.5 Å². The van der Waals surface area contributed by atoms with Gasteiger partial charge in [0, 0.05) is 6.07 Å². The van der Waals surface area contributed by atoms with Gasteiger partial charge in [-0.05, 0) is 24.3 Å². The highest BCUT2D eigenvalue weighted by atomic mass is 16.3. The highest BCUT2D eigenvalue weighted by Crippen LogP contribution is 2.27. The minimum atomic E-state index is -0.0107. The van der Waals surface area contributed by atoms with E-state index in [1.807, 2.05) is 30.3 Å². The number of benzene rings is 2. The van der Waals surface area contributed by atoms with Gasteiger partial charge in [0.25, 0.3) is 0 Å². The average Bonchev–Trinajstić information content (AvgIpc) is 2.29. The molecular weight excluding hydrogens is 204 g/mol. The molecule has 0 saturated carbocycles. The average molecular weight is 216 g/mol. The first kappa shape index (κ1) is 10.2. The molecule has 0 saturated heterocycles. The molecule has 0 aromatic heterocycles. The van der Waals surface area contributed by atoms with Crippen LogP contribution < -0.4 is 10.9 Å². The van der Waals surface area contributed by atoms with Crippen molar-refractivity contribution < 1.29 is 10.2 Å². The molecule has 0 radical (unpaired) electrons. The third-order valence-electron chi connectivity index (χ3n) is 2.10. The number of anilines is 2. The van der Waals surface area contributed by atoms with Crippen LogP contribution in [0.1, 0.15) is 0 Å². The summed E-state index contributed by atoms with van der Waals surface area (Å²) in [5.74, 6) is 0.0196. The number of hydrogen-bond donors (Lipinski definition) is 4. The van der Waals surface area contributed by atoms with Crippen LogP contribution in [0.5, 0.6) is 11.5 Å². The van der Waals surface area contributed by atoms with Crippen molar-refractivity contribution in [3.63, 3.8) is 0 Å². The molecule has 0 aliphatic carbocycles. The van der Waals surface area contributed by atoms with Gasteiger partial charge in [-0.25, -0.2) is 0 Å². The van der Waals surface area contributed by atoms with Crippen molar-refractivity contribution in [2.45, 2.75) is 0 Å². The topological polar surface area (TPSA) is 64.5 Å². The Balaban J connectivity index is 2.05. The first-order valence-electron chi connectivity index (χ1n) is 4.85. The van der Waals surface area contributed by atoms with Gasteiger partial charge in [0.15, 0.2) is 0 Å². The van der Waals surface area contributed by atoms with Gasteiger partial charge in [-0.3, -0.25) is 5.43 Å². The molecule has 0 aliphatic rings. The Bertz CT molecular complexity index is 472. The van der Waals surface area contributed by atoms with Crippen molar-refractivity contribution in [3.05, 3.63) is 48.5 Å². The Morgan fingerprint density at radius 1 is 0.812 bits per heavy atom. The van der Waals surface area contributed by atoms with Crippen LogP contribution in [0, 0.1) is 0 Å². The minimum absolute atomic E-state index is 0.0107. The van der Waals surface area contributed by atoms with E-state index in [0.29, 0.717) is 5.69 Å². The smallest absolute Gasteiger partial charge is 0.144 e. The van der Waals surface area contributed by atoms with Crippen LogP contribution >= 0.6 is 0 Å². The fourth-order valence-electron chi connectivity index (χ4n) is 1.29. The van der Waals surface area contributed by atoms with Crippen molar-refractivity contribution in [2.24, 2.45) is 0 Å². The largest absolute Gasteiger partial charge is 0.508 e. The second kappa shape index (κ2) is 4.44. The second-order valence-corrected chi connectivity index (χ2v) is 3.32. The van der Waals surface area contributed by atoms with E-state index in [9.17, 15) is 5.11 Å². The summed E-state index contributed by atoms with van der Waals surface area (Å²) in [5, 5.41) is 18.6. The Kier molecular flexibility index (Phi) is 2.82. The lowest BCUT2D eigenvalue weighted by Gasteiger charge is -2.10. The van der Waals surface area contributed by atoms with Crippen LogP contribution in [0.25, 0.3) is 0 Å². The fourth-order valence-corrected chi connectivity index (χ4v) is 1.29. The molecular formula is C12H12N2O2. The van der Waals surface area contributed by atoms with E-state index in [1.54, 1.807) is 6.07 Å². The molecule has 2 rings (SSSR count). The van der Waals surface area contributed by atoms with Crippen LogP contribution in [0.3, 0.4) is 0 Å². The fraction of sp³-hybridized carbons (Fsp3) is 0. The van der Waals surface area contributed by atoms with Gasteiger partial charge in [-0.1, -0.05) is 18.2 Å². The Morgan fingerprint density at radius 3 is 2.25 bits per heavy atom. The Morgan fingerprint density at radius 2 is 1.56 bits per heavy atom. The molecule has 4 nitrogen and oxygen atoms in total. The lowest BCUT2D eigenvalue weighted by Crippen LogP contribution is -2.08. The number of rotatable bonds is 3. The van der Waals surface area contributed by atoms with Crippen LogP contribution in [-0.4, -0.2) is 10.2 Å². The van der Waals surface area contributed by atoms with E-state index < -0.39 is 0 Å². The molecule has 4 N–H and O–H groups in total. The summed E-state index contributed by atoms with van der Waals surface area (Å²) >= 11 is 0. The molecule has 2 aromatic carbocycles. The molecule has 0 bridgehead atoms. The zero-order valence-corrected chi connectivity index (χ0v) is 8.51. The number of nitrogens with one attached hydrogen (secondary N) is 2. The number of hydrazine groups is 1. The number of para-hydroxylation sites is 1. The summed E-state index contributed by atoms with van der Waals surface area (Å²) < 4.78 is 0. The summed E-state index contributed by atoms with van der Waals surface area (Å²) in [5.41, 5.74) is 7.16. The lowest BCUT2D eigenvalue weighted by molar-refractivity contribution is 0.452. The third-order valence-corrected chi connectivity index (χ3v) is 2.10. The predicted molar refractivity (Wildman–Crippen MR) is 63.5 cm³/mol. The molecule has 0 spiro atoms. The van der Waals surface area contributed by atoms with Crippen LogP contribution in [0.2, 0.25) is 0 Å². The van der Waals surface area contributed by atoms with Gasteiger partial charge in [0.05, 0.1) is 11.4 Å². The van der Waals surface area contributed by atoms with E-state index >= 15 is 0 Å². The number of aromatic hydroxyl groups is 2. The Hall–Kier alpha value is -2.36. The number of phenolic OH excluding ortho intramolecular Hbond substituents is 2. The summed E-state index contributed by atoms with van der Waals surface area (Å²) in [6, 6.07) is 13.9. The van der Waals surface area contributed by atoms with Gasteiger partial charge in [-0.15, -0.1) is 0 Å². The van der Waals surface area contributed by atoms with E-state index in [-0.39, 0.29) is 11.5 Å². The first-order valence-corrected chi connectivity index (χ1v) is 4.85. The number of hydrogen-bond acceptors (Lipinski definition) is 4. The summed E-state index contributed by atoms with van der Waals surface area (Å²) in [6.07, 6.45) is 0. The maximum atomic E-state index is 9.51. The normalized spacial score (nSPS) is 9.75. The highest BCUT2D eigenvalue weighted by Gasteiger charge is 2.00. The van der Waals surface area contributed by atoms with Gasteiger partial charge in [0.2, 0.25) is 0 Å². The number of phenols is 2. The molecule has 0 fully saturated rings. The second-order valence-electron chi connectivity index (χ2n) is 3.32. The van der Waals surface area contributed by atoms with Gasteiger partial charge in [-0.2, -0.15) is 0 Å². The molecule has 0 aliphatic heterocycles. The minimum Gasteiger partial charge on any atom is -0.508 e. The van der Waals surface area contributed by atoms with E-state index in [2.05, 4.69) is 10.9 Å². The first-order chi connectivity index (χ1) is 7.75. The van der Waals surface area contributed by atoms with Crippen molar-refractivity contribution in [3.8, 4) is 11.5 Å². The SMILES string of the molecule is Oc1ccc(NNc2ccccc2)c(O)c1. The van der Waals surface area contributed by atoms with E-state index in [0.717, 1.165) is 5.69 Å². The quantitative estimate of drug-likeness (QED) is 0.361. The van der Waals surface area contributed by atoms with E-state index in [1.165, 1.54) is 12.1 Å². The molecule has 0 heterocycles. The molecule has 0 amide bonds. The van der Waals surface area contributed by atoms with Crippen molar-refractivity contribution in [2.75, 3.05) is 10.9 Å². The molecule has 82 valence electrons. The summed E-state index contributed by atoms with van der Waals surface area (Å²) in [6.45, 7) is 0. The molecule has 16 heavy (non-hydrogen) atoms. The van der Waals surface area contributed by atoms with E-state index in [4.69, 9.17) is 5.11 Å². The van der Waals surface area contributed by atoms with Crippen LogP contribution in [0.4, 0.5) is 11.4 Å². The predicted octanol–water partition coefficient (Wildman–Crippen LogP) is 2.54. The molecule has 0 atom stereocenters. The van der Waals surface area contributed by atoms with Gasteiger partial charge < -0.3 is 15.6 Å². The van der Waals surface area contributed by atoms with Crippen LogP contribution in [0.15, 0.2) is 48.5 Å². The Labute approximate surface area is 93.1 Å². The van der Waals surface area contributed by atoms with Crippen molar-refractivity contribution >= 4 is 11.4 Å². The molecule has 4 heteroatoms. The zero-order valence-electron chi connectivity index (χ0n) is 8.51. The lowest BCUT2D eigenvalue weighted by atomic mass is 10.3. The highest BCUT2D eigenvalue weighted by molar-refractivity contribution is 5.61. The monoisotopic (exact) mass is 216 g/mol.